The van der Waals surface area contributed by atoms with Crippen molar-refractivity contribution in [2.75, 3.05) is 18.5 Å². The number of thioether (sulfide) groups is 1. The first-order valence-corrected chi connectivity index (χ1v) is 9.01. The SMILES string of the molecule is CSC(C)CCNS(=O)(=O)c1cc(N)c(C)cc1Cl. The molecule has 1 atom stereocenters. The highest BCUT2D eigenvalue weighted by Crippen LogP contribution is 2.26. The van der Waals surface area contributed by atoms with Gasteiger partial charge in [0.15, 0.2) is 0 Å². The van der Waals surface area contributed by atoms with E-state index < -0.39 is 10.0 Å². The Morgan fingerprint density at radius 1 is 1.47 bits per heavy atom. The molecule has 0 aliphatic rings. The van der Waals surface area contributed by atoms with Crippen LogP contribution in [0.25, 0.3) is 0 Å². The lowest BCUT2D eigenvalue weighted by Crippen LogP contribution is -2.26. The van der Waals surface area contributed by atoms with Crippen LogP contribution in [-0.2, 0) is 10.0 Å². The number of hydrogen-bond donors (Lipinski definition) is 2. The van der Waals surface area contributed by atoms with Gasteiger partial charge >= 0.3 is 0 Å². The van der Waals surface area contributed by atoms with E-state index >= 15 is 0 Å². The Bertz CT molecular complexity index is 547. The number of hydrogen-bond acceptors (Lipinski definition) is 4. The molecular formula is C12H19ClN2O2S2. The van der Waals surface area contributed by atoms with E-state index in [0.717, 1.165) is 12.0 Å². The number of sulfonamides is 1. The van der Waals surface area contributed by atoms with Crippen LogP contribution in [0.2, 0.25) is 5.02 Å². The Hall–Kier alpha value is -0.430. The molecule has 0 amide bonds. The standard InChI is InChI=1S/C12H19ClN2O2S2/c1-8-6-10(13)12(7-11(8)14)19(16,17)15-5-4-9(2)18-3/h6-7,9,15H,4-5,14H2,1-3H3. The molecule has 0 bridgehead atoms. The van der Waals surface area contributed by atoms with Crippen LogP contribution in [0.1, 0.15) is 18.9 Å². The average molecular weight is 323 g/mol. The van der Waals surface area contributed by atoms with Gasteiger partial charge in [-0.1, -0.05) is 18.5 Å². The Balaban J connectivity index is 2.86. The largest absolute Gasteiger partial charge is 0.398 e. The van der Waals surface area contributed by atoms with E-state index in [-0.39, 0.29) is 9.92 Å². The molecule has 0 heterocycles. The molecule has 108 valence electrons. The number of benzene rings is 1. The number of nitrogen functional groups attached to an aromatic ring is 1. The monoisotopic (exact) mass is 322 g/mol. The normalized spacial score (nSPS) is 13.5. The first kappa shape index (κ1) is 16.6. The Labute approximate surface area is 124 Å². The van der Waals surface area contributed by atoms with Gasteiger partial charge in [0, 0.05) is 17.5 Å². The molecule has 4 nitrogen and oxygen atoms in total. The second-order valence-corrected chi connectivity index (χ2v) is 7.79. The van der Waals surface area contributed by atoms with Crippen molar-refractivity contribution < 1.29 is 8.42 Å². The number of nitrogens with one attached hydrogen (secondary N) is 1. The number of nitrogens with two attached hydrogens (primary N) is 1. The molecule has 1 aromatic rings. The first-order valence-electron chi connectivity index (χ1n) is 5.86. The summed E-state index contributed by atoms with van der Waals surface area (Å²) in [4.78, 5) is 0.0362. The molecule has 0 aliphatic carbocycles. The summed E-state index contributed by atoms with van der Waals surface area (Å²) in [6.45, 7) is 4.22. The van der Waals surface area contributed by atoms with Crippen molar-refractivity contribution in [1.82, 2.24) is 4.72 Å². The zero-order chi connectivity index (χ0) is 14.6. The van der Waals surface area contributed by atoms with Crippen molar-refractivity contribution >= 4 is 39.1 Å². The summed E-state index contributed by atoms with van der Waals surface area (Å²) in [5.74, 6) is 0. The van der Waals surface area contributed by atoms with Gasteiger partial charge in [0.05, 0.1) is 5.02 Å². The lowest BCUT2D eigenvalue weighted by Gasteiger charge is -2.12. The van der Waals surface area contributed by atoms with Gasteiger partial charge in [0.1, 0.15) is 4.90 Å². The van der Waals surface area contributed by atoms with Crippen LogP contribution >= 0.6 is 23.4 Å². The van der Waals surface area contributed by atoms with Gasteiger partial charge in [0.2, 0.25) is 10.0 Å². The topological polar surface area (TPSA) is 72.2 Å². The number of aryl methyl sites for hydroxylation is 1. The number of halogens is 1. The molecule has 1 unspecified atom stereocenters. The molecule has 0 spiro atoms. The maximum atomic E-state index is 12.1. The summed E-state index contributed by atoms with van der Waals surface area (Å²) < 4.78 is 26.8. The second kappa shape index (κ2) is 6.83. The van der Waals surface area contributed by atoms with Gasteiger partial charge in [-0.25, -0.2) is 13.1 Å². The number of anilines is 1. The summed E-state index contributed by atoms with van der Waals surface area (Å²) in [6, 6.07) is 2.97. The predicted molar refractivity (Wildman–Crippen MR) is 83.4 cm³/mol. The predicted octanol–water partition coefficient (Wildman–Crippen LogP) is 2.65. The molecule has 0 saturated carbocycles. The maximum Gasteiger partial charge on any atom is 0.242 e. The number of rotatable bonds is 6. The Morgan fingerprint density at radius 2 is 2.11 bits per heavy atom. The van der Waals surface area contributed by atoms with Crippen molar-refractivity contribution in [2.45, 2.75) is 30.4 Å². The van der Waals surface area contributed by atoms with E-state index in [9.17, 15) is 8.42 Å². The highest BCUT2D eigenvalue weighted by atomic mass is 35.5. The van der Waals surface area contributed by atoms with Gasteiger partial charge in [-0.15, -0.1) is 0 Å². The van der Waals surface area contributed by atoms with Crippen molar-refractivity contribution in [3.63, 3.8) is 0 Å². The fourth-order valence-corrected chi connectivity index (χ4v) is 3.48. The van der Waals surface area contributed by atoms with Crippen LogP contribution in [0.5, 0.6) is 0 Å². The Morgan fingerprint density at radius 3 is 2.68 bits per heavy atom. The van der Waals surface area contributed by atoms with E-state index in [4.69, 9.17) is 17.3 Å². The summed E-state index contributed by atoms with van der Waals surface area (Å²) in [5.41, 5.74) is 6.91. The molecular weight excluding hydrogens is 304 g/mol. The van der Waals surface area contributed by atoms with E-state index in [0.29, 0.717) is 17.5 Å². The fourth-order valence-electron chi connectivity index (χ4n) is 1.47. The summed E-state index contributed by atoms with van der Waals surface area (Å²) in [5, 5.41) is 0.596. The highest BCUT2D eigenvalue weighted by Gasteiger charge is 2.19. The Kier molecular flexibility index (Phi) is 5.98. The third kappa shape index (κ3) is 4.56. The molecule has 19 heavy (non-hydrogen) atoms. The van der Waals surface area contributed by atoms with Crippen LogP contribution < -0.4 is 10.5 Å². The minimum absolute atomic E-state index is 0.0362. The van der Waals surface area contributed by atoms with E-state index in [2.05, 4.69) is 11.6 Å². The molecule has 1 aromatic carbocycles. The smallest absolute Gasteiger partial charge is 0.242 e. The van der Waals surface area contributed by atoms with Gasteiger partial charge in [-0.05, 0) is 37.3 Å². The van der Waals surface area contributed by atoms with Crippen LogP contribution in [-0.4, -0.2) is 26.5 Å². The van der Waals surface area contributed by atoms with Crippen LogP contribution in [0.4, 0.5) is 5.69 Å². The molecule has 0 fully saturated rings. The zero-order valence-corrected chi connectivity index (χ0v) is 13.6. The second-order valence-electron chi connectivity index (χ2n) is 4.37. The highest BCUT2D eigenvalue weighted by molar-refractivity contribution is 7.99. The third-order valence-electron chi connectivity index (χ3n) is 2.86. The molecule has 7 heteroatoms. The van der Waals surface area contributed by atoms with E-state index in [1.54, 1.807) is 24.8 Å². The van der Waals surface area contributed by atoms with Crippen molar-refractivity contribution in [3.8, 4) is 0 Å². The molecule has 0 saturated heterocycles. The van der Waals surface area contributed by atoms with Crippen molar-refractivity contribution in [1.29, 1.82) is 0 Å². The fraction of sp³-hybridized carbons (Fsp3) is 0.500. The molecule has 0 radical (unpaired) electrons. The first-order chi connectivity index (χ1) is 8.77. The van der Waals surface area contributed by atoms with Gasteiger partial charge in [-0.2, -0.15) is 11.8 Å². The molecule has 0 aromatic heterocycles. The lowest BCUT2D eigenvalue weighted by molar-refractivity contribution is 0.579. The molecule has 0 aliphatic heterocycles. The molecule has 1 rings (SSSR count). The van der Waals surface area contributed by atoms with Crippen molar-refractivity contribution in [2.24, 2.45) is 0 Å². The minimum Gasteiger partial charge on any atom is -0.398 e. The van der Waals surface area contributed by atoms with Gasteiger partial charge in [-0.3, -0.25) is 0 Å². The zero-order valence-electron chi connectivity index (χ0n) is 11.2. The maximum absolute atomic E-state index is 12.1. The summed E-state index contributed by atoms with van der Waals surface area (Å²) in [6.07, 6.45) is 2.76. The quantitative estimate of drug-likeness (QED) is 0.790. The lowest BCUT2D eigenvalue weighted by atomic mass is 10.2. The minimum atomic E-state index is -3.61. The van der Waals surface area contributed by atoms with Crippen LogP contribution in [0.15, 0.2) is 17.0 Å². The summed E-state index contributed by atoms with van der Waals surface area (Å²) in [7, 11) is -3.61. The molecule has 3 N–H and O–H groups in total. The van der Waals surface area contributed by atoms with E-state index in [1.165, 1.54) is 6.07 Å². The van der Waals surface area contributed by atoms with Crippen LogP contribution in [0, 0.1) is 6.92 Å². The van der Waals surface area contributed by atoms with Crippen molar-refractivity contribution in [3.05, 3.63) is 22.7 Å². The van der Waals surface area contributed by atoms with Crippen LogP contribution in [0.3, 0.4) is 0 Å². The van der Waals surface area contributed by atoms with Gasteiger partial charge in [0.25, 0.3) is 0 Å². The summed E-state index contributed by atoms with van der Waals surface area (Å²) >= 11 is 7.67. The third-order valence-corrected chi connectivity index (χ3v) is 5.82. The average Bonchev–Trinajstić information content (AvgIpc) is 2.33. The van der Waals surface area contributed by atoms with E-state index in [1.807, 2.05) is 6.26 Å². The van der Waals surface area contributed by atoms with Gasteiger partial charge < -0.3 is 5.73 Å².